The minimum absolute atomic E-state index is 0.0999. The second-order valence-electron chi connectivity index (χ2n) is 22.4. The van der Waals surface area contributed by atoms with Gasteiger partial charge < -0.3 is 34.2 Å². The number of aromatic nitrogens is 1. The number of rotatable bonds is 8. The maximum atomic E-state index is 13.2. The molecule has 13 nitrogen and oxygen atoms in total. The average molecular weight is 1010 g/mol. The number of aliphatic hydroxyl groups excluding tert-OH is 1. The van der Waals surface area contributed by atoms with Gasteiger partial charge in [-0.1, -0.05) is 64.1 Å². The van der Waals surface area contributed by atoms with Crippen molar-refractivity contribution >= 4 is 16.6 Å². The van der Waals surface area contributed by atoms with Gasteiger partial charge in [0.1, 0.15) is 18.4 Å². The third kappa shape index (κ3) is 8.94. The van der Waals surface area contributed by atoms with Gasteiger partial charge >= 0.3 is 12.4 Å². The molecule has 19 heteroatoms. The van der Waals surface area contributed by atoms with Crippen LogP contribution in [0.4, 0.5) is 26.3 Å². The summed E-state index contributed by atoms with van der Waals surface area (Å²) in [6, 6.07) is 3.16. The number of nitrogens with zero attached hydrogens (tertiary/aromatic N) is 2. The largest absolute Gasteiger partial charge is 0.433 e. The molecule has 0 radical (unpaired) electrons. The zero-order chi connectivity index (χ0) is 50.5. The number of piperidine rings is 1. The first kappa shape index (κ1) is 51.5. The molecular weight excluding hydrogens is 941 g/mol. The highest BCUT2D eigenvalue weighted by Gasteiger charge is 2.71. The lowest BCUT2D eigenvalue weighted by atomic mass is 9.56. The van der Waals surface area contributed by atoms with E-state index in [1.54, 1.807) is 6.08 Å². The number of nitrogens with one attached hydrogen (secondary N) is 1. The number of oxime groups is 1. The third-order valence-corrected chi connectivity index (χ3v) is 18.1. The Kier molecular flexibility index (Phi) is 13.8. The summed E-state index contributed by atoms with van der Waals surface area (Å²) in [5.41, 5.74) is -4.12. The van der Waals surface area contributed by atoms with Crippen molar-refractivity contribution in [2.24, 2.45) is 52.5 Å². The number of pyridine rings is 1. The van der Waals surface area contributed by atoms with E-state index in [1.165, 1.54) is 6.07 Å². The number of alkyl halides is 6. The van der Waals surface area contributed by atoms with Gasteiger partial charge in [-0.2, -0.15) is 26.3 Å². The molecule has 11 aliphatic rings. The van der Waals surface area contributed by atoms with Crippen LogP contribution in [0.15, 0.2) is 42.1 Å². The molecule has 18 atom stereocenters. The van der Waals surface area contributed by atoms with Crippen LogP contribution in [0.3, 0.4) is 0 Å². The van der Waals surface area contributed by atoms with Crippen LogP contribution in [-0.2, 0) is 55.7 Å². The molecule has 0 amide bonds. The second kappa shape index (κ2) is 19.0. The van der Waals surface area contributed by atoms with Crippen LogP contribution in [0.5, 0.6) is 0 Å². The fourth-order valence-corrected chi connectivity index (χ4v) is 14.3. The minimum Gasteiger partial charge on any atom is -0.392 e. The van der Waals surface area contributed by atoms with E-state index in [9.17, 15) is 31.4 Å². The predicted molar refractivity (Wildman–Crippen MR) is 244 cm³/mol. The highest BCUT2D eigenvalue weighted by molar-refractivity contribution is 5.89. The number of para-hydroxylation sites is 1. The van der Waals surface area contributed by atoms with Crippen molar-refractivity contribution < 1.29 is 74.8 Å². The molecule has 2 spiro atoms. The first-order valence-corrected chi connectivity index (χ1v) is 25.8. The summed E-state index contributed by atoms with van der Waals surface area (Å²) >= 11 is 0. The Balaban J connectivity index is 0.000000191. The normalized spacial score (nSPS) is 43.5. The number of fused-ring (bicyclic) bond motifs is 5. The van der Waals surface area contributed by atoms with Crippen molar-refractivity contribution in [3.05, 3.63) is 53.7 Å². The van der Waals surface area contributed by atoms with E-state index in [4.69, 9.17) is 48.5 Å². The molecule has 13 rings (SSSR count). The van der Waals surface area contributed by atoms with E-state index in [-0.39, 0.29) is 46.8 Å². The van der Waals surface area contributed by atoms with Crippen molar-refractivity contribution in [2.45, 2.75) is 191 Å². The lowest BCUT2D eigenvalue weighted by molar-refractivity contribution is -0.571. The molecule has 71 heavy (non-hydrogen) atoms. The molecule has 394 valence electrons. The molecule has 2 aromatic rings. The van der Waals surface area contributed by atoms with Crippen LogP contribution in [-0.4, -0.2) is 82.6 Å². The lowest BCUT2D eigenvalue weighted by Gasteiger charge is -2.61. The first-order chi connectivity index (χ1) is 33.6. The van der Waals surface area contributed by atoms with Crippen molar-refractivity contribution in [2.75, 3.05) is 13.2 Å². The topological polar surface area (TPSA) is 141 Å². The van der Waals surface area contributed by atoms with Crippen LogP contribution in [0.25, 0.3) is 10.9 Å². The fourth-order valence-electron chi connectivity index (χ4n) is 14.3. The van der Waals surface area contributed by atoms with Gasteiger partial charge in [0.05, 0.1) is 29.0 Å². The fraction of sp³-hybridized carbons (Fsp3) is 0.769. The van der Waals surface area contributed by atoms with Crippen LogP contribution in [0, 0.1) is 47.3 Å². The molecule has 2 unspecified atom stereocenters. The van der Waals surface area contributed by atoms with Gasteiger partial charge in [0.2, 0.25) is 11.6 Å². The number of benzene rings is 1. The molecule has 9 saturated heterocycles. The number of ether oxygens (including phenoxy) is 4. The van der Waals surface area contributed by atoms with Crippen molar-refractivity contribution in [1.82, 2.24) is 10.3 Å². The van der Waals surface area contributed by atoms with Gasteiger partial charge in [0.25, 0.3) is 0 Å². The summed E-state index contributed by atoms with van der Waals surface area (Å²) in [5, 5.41) is 18.2. The summed E-state index contributed by atoms with van der Waals surface area (Å²) in [7, 11) is 0. The molecule has 10 heterocycles. The van der Waals surface area contributed by atoms with Crippen LogP contribution < -0.4 is 5.32 Å². The molecule has 1 aromatic carbocycles. The van der Waals surface area contributed by atoms with Crippen LogP contribution in [0.2, 0.25) is 0 Å². The van der Waals surface area contributed by atoms with Crippen molar-refractivity contribution in [1.29, 1.82) is 0 Å². The van der Waals surface area contributed by atoms with E-state index < -0.39 is 76.6 Å². The summed E-state index contributed by atoms with van der Waals surface area (Å²) in [5.74, 6) is 0.701. The highest BCUT2D eigenvalue weighted by Crippen LogP contribution is 2.63. The van der Waals surface area contributed by atoms with E-state index in [0.29, 0.717) is 61.8 Å². The first-order valence-electron chi connectivity index (χ1n) is 25.8. The number of hydrogen-bond acceptors (Lipinski definition) is 13. The van der Waals surface area contributed by atoms with Crippen molar-refractivity contribution in [3.63, 3.8) is 0 Å². The Labute approximate surface area is 410 Å². The maximum absolute atomic E-state index is 13.2. The third-order valence-electron chi connectivity index (χ3n) is 18.1. The smallest absolute Gasteiger partial charge is 0.392 e. The predicted octanol–water partition coefficient (Wildman–Crippen LogP) is 10.9. The molecule has 2 N–H and O–H groups in total. The molecule has 4 bridgehead atoms. The van der Waals surface area contributed by atoms with Gasteiger partial charge in [0, 0.05) is 42.5 Å². The molecule has 1 aromatic heterocycles. The quantitative estimate of drug-likeness (QED) is 0.0649. The Morgan fingerprint density at radius 1 is 0.817 bits per heavy atom. The Bertz CT molecular complexity index is 2320. The Hall–Kier alpha value is -2.98. The van der Waals surface area contributed by atoms with Gasteiger partial charge in [-0.3, -0.25) is 0 Å². The van der Waals surface area contributed by atoms with E-state index in [0.717, 1.165) is 76.0 Å². The second-order valence-corrected chi connectivity index (χ2v) is 22.4. The minimum atomic E-state index is -4.93. The maximum Gasteiger partial charge on any atom is 0.433 e. The highest BCUT2D eigenvalue weighted by atomic mass is 19.4. The SMILES string of the molecule is C=CCO/N=C(/C[C@H]1O[C@@H]2OC3(C)CC[C@H]4[C@H](C)CC[C@@H]([C@H]1C)[C@@]24OO3)[C@H]1O[C@@H]2OC3(C)CC[C@H]4[C@H](C)CC[C@@H]([C@H]1C)[C@@]24OO3.O[C@@H](c1cc(C(F)(F)F)nc2c(C(F)(F)F)cccc12)[C@H]1CCCCN1. The van der Waals surface area contributed by atoms with E-state index in [1.807, 2.05) is 13.8 Å². The van der Waals surface area contributed by atoms with Crippen molar-refractivity contribution in [3.8, 4) is 0 Å². The molecule has 11 fully saturated rings. The summed E-state index contributed by atoms with van der Waals surface area (Å²) in [6.07, 6.45) is -0.323. The lowest BCUT2D eigenvalue weighted by Crippen LogP contribution is -2.71. The van der Waals surface area contributed by atoms with Crippen LogP contribution >= 0.6 is 0 Å². The summed E-state index contributed by atoms with van der Waals surface area (Å²) < 4.78 is 107. The summed E-state index contributed by atoms with van der Waals surface area (Å²) in [4.78, 5) is 34.0. The molecule has 2 aliphatic carbocycles. The van der Waals surface area contributed by atoms with Crippen LogP contribution in [0.1, 0.15) is 142 Å². The number of aliphatic hydroxyl groups is 1. The van der Waals surface area contributed by atoms with Gasteiger partial charge in [-0.15, -0.1) is 0 Å². The number of hydrogen-bond donors (Lipinski definition) is 2. The monoisotopic (exact) mass is 1010 g/mol. The Morgan fingerprint density at radius 2 is 1.44 bits per heavy atom. The summed E-state index contributed by atoms with van der Waals surface area (Å²) in [6.45, 7) is 17.9. The molecular formula is C52H69F6N3O10. The van der Waals surface area contributed by atoms with Gasteiger partial charge in [-0.25, -0.2) is 24.5 Å². The van der Waals surface area contributed by atoms with E-state index >= 15 is 0 Å². The van der Waals surface area contributed by atoms with Gasteiger partial charge in [0.15, 0.2) is 23.8 Å². The number of halogens is 6. The Morgan fingerprint density at radius 3 is 2.01 bits per heavy atom. The van der Waals surface area contributed by atoms with Gasteiger partial charge in [-0.05, 0) is 125 Å². The van der Waals surface area contributed by atoms with E-state index in [2.05, 4.69) is 44.6 Å². The molecule has 9 aliphatic heterocycles. The molecule has 2 saturated carbocycles. The zero-order valence-corrected chi connectivity index (χ0v) is 41.4. The average Bonchev–Trinajstić information content (AvgIpc) is 3.71. The standard InChI is InChI=1S/C35H53NO9.C17H16F6N2O/c1-8-17-37-36-27(29-22(5)26-12-10-20(3)24-14-16-33(7)41-31(39-29)35(24,26)45-43-33)18-28-21(4)25-11-9-19(2)23-13-15-32(6)40-30(38-28)34(23,25)44-42-32;18-16(19,20)11-5-3-4-9-10(15(26)12-6-1-2-7-24-12)8-13(17(21,22)23)25-14(9)11/h8,19-26,28-31H,1,9-18H2,2-7H3;3-5,8,12,15,24,26H,1-2,6-7H2/b36-27-;/t19-,20-,21-,22-,23+,24+,25+,26+,28-,29+,30-,31-,32?,33?,34-,35-;12-,15+/m11/s1. The zero-order valence-electron chi connectivity index (χ0n) is 41.4.